The minimum absolute atomic E-state index is 0.271. The molecule has 0 aliphatic heterocycles. The van der Waals surface area contributed by atoms with Crippen LogP contribution in [0.1, 0.15) is 42.1 Å². The number of unbranched alkanes of at least 4 members (excludes halogenated alkanes) is 2. The number of benzene rings is 1. The topological polar surface area (TPSA) is 26.3 Å². The molecule has 1 aromatic carbocycles. The third-order valence-corrected chi connectivity index (χ3v) is 2.65. The van der Waals surface area contributed by atoms with Gasteiger partial charge in [0.25, 0.3) is 0 Å². The van der Waals surface area contributed by atoms with E-state index in [-0.39, 0.29) is 5.97 Å². The second-order valence-corrected chi connectivity index (χ2v) is 3.90. The van der Waals surface area contributed by atoms with Gasteiger partial charge in [0.1, 0.15) is 0 Å². The highest BCUT2D eigenvalue weighted by atomic mass is 35.5. The fourth-order valence-electron chi connectivity index (χ4n) is 1.43. The van der Waals surface area contributed by atoms with E-state index in [4.69, 9.17) is 16.3 Å². The average molecular weight is 241 g/mol. The van der Waals surface area contributed by atoms with Crippen LogP contribution in [0, 0.1) is 0 Å². The van der Waals surface area contributed by atoms with Crippen molar-refractivity contribution in [2.24, 2.45) is 0 Å². The molecule has 0 unspecified atom stereocenters. The summed E-state index contributed by atoms with van der Waals surface area (Å²) in [6.07, 6.45) is 3.13. The summed E-state index contributed by atoms with van der Waals surface area (Å²) in [5.74, 6) is 0.0626. The van der Waals surface area contributed by atoms with Crippen LogP contribution in [0.4, 0.5) is 0 Å². The van der Waals surface area contributed by atoms with Crippen LogP contribution in [0.15, 0.2) is 24.3 Å². The Bertz CT molecular complexity index is 336. The van der Waals surface area contributed by atoms with Crippen molar-refractivity contribution in [3.8, 4) is 0 Å². The number of hydrogen-bond acceptors (Lipinski definition) is 2. The molecule has 0 amide bonds. The molecular formula is C13H17ClO2. The van der Waals surface area contributed by atoms with Gasteiger partial charge >= 0.3 is 5.97 Å². The van der Waals surface area contributed by atoms with Gasteiger partial charge in [-0.3, -0.25) is 0 Å². The Morgan fingerprint density at radius 1 is 1.31 bits per heavy atom. The molecule has 1 aromatic rings. The molecule has 0 aliphatic rings. The Hall–Kier alpha value is -1.02. The summed E-state index contributed by atoms with van der Waals surface area (Å²) in [5.41, 5.74) is 1.40. The predicted octanol–water partition coefficient (Wildman–Crippen LogP) is 3.77. The monoisotopic (exact) mass is 240 g/mol. The van der Waals surface area contributed by atoms with Crippen LogP contribution in [0.2, 0.25) is 0 Å². The summed E-state index contributed by atoms with van der Waals surface area (Å²) in [4.78, 5) is 11.7. The summed E-state index contributed by atoms with van der Waals surface area (Å²) in [6.45, 7) is 2.61. The van der Waals surface area contributed by atoms with Crippen LogP contribution in [0.5, 0.6) is 0 Å². The molecule has 88 valence electrons. The number of halogens is 1. The highest BCUT2D eigenvalue weighted by Gasteiger charge is 2.10. The molecule has 0 fully saturated rings. The molecule has 0 radical (unpaired) electrons. The number of hydrogen-bond donors (Lipinski definition) is 0. The minimum atomic E-state index is -0.271. The number of rotatable bonds is 6. The van der Waals surface area contributed by atoms with Crippen LogP contribution in [0.3, 0.4) is 0 Å². The van der Waals surface area contributed by atoms with E-state index in [1.165, 1.54) is 0 Å². The van der Waals surface area contributed by atoms with Crippen LogP contribution in [-0.2, 0) is 10.6 Å². The van der Waals surface area contributed by atoms with Crippen molar-refractivity contribution in [3.63, 3.8) is 0 Å². The van der Waals surface area contributed by atoms with E-state index in [1.54, 1.807) is 6.07 Å². The van der Waals surface area contributed by atoms with E-state index in [2.05, 4.69) is 6.92 Å². The van der Waals surface area contributed by atoms with Gasteiger partial charge in [0, 0.05) is 5.88 Å². The fraction of sp³-hybridized carbons (Fsp3) is 0.462. The lowest BCUT2D eigenvalue weighted by atomic mass is 10.1. The molecule has 2 nitrogen and oxygen atoms in total. The zero-order chi connectivity index (χ0) is 11.8. The molecular weight excluding hydrogens is 224 g/mol. The zero-order valence-electron chi connectivity index (χ0n) is 9.54. The largest absolute Gasteiger partial charge is 0.462 e. The third kappa shape index (κ3) is 3.86. The van der Waals surface area contributed by atoms with Crippen LogP contribution in [0.25, 0.3) is 0 Å². The lowest BCUT2D eigenvalue weighted by Crippen LogP contribution is -2.08. The van der Waals surface area contributed by atoms with Crippen molar-refractivity contribution >= 4 is 17.6 Å². The van der Waals surface area contributed by atoms with E-state index in [0.29, 0.717) is 18.1 Å². The molecule has 0 saturated heterocycles. The highest BCUT2D eigenvalue weighted by Crippen LogP contribution is 2.12. The number of carbonyl (C=O) groups excluding carboxylic acids is 1. The molecule has 0 aliphatic carbocycles. The summed E-state index contributed by atoms with van der Waals surface area (Å²) in [5, 5.41) is 0. The van der Waals surface area contributed by atoms with Gasteiger partial charge in [-0.2, -0.15) is 0 Å². The molecule has 16 heavy (non-hydrogen) atoms. The number of esters is 1. The molecule has 0 aromatic heterocycles. The normalized spacial score (nSPS) is 10.1. The summed E-state index contributed by atoms with van der Waals surface area (Å²) in [6, 6.07) is 7.28. The van der Waals surface area contributed by atoms with Gasteiger partial charge in [0.15, 0.2) is 0 Å². The van der Waals surface area contributed by atoms with E-state index in [0.717, 1.165) is 24.8 Å². The second-order valence-electron chi connectivity index (χ2n) is 3.63. The van der Waals surface area contributed by atoms with Crippen molar-refractivity contribution in [2.75, 3.05) is 6.61 Å². The standard InChI is InChI=1S/C13H17ClO2/c1-2-3-6-9-16-13(15)12-8-5-4-7-11(12)10-14/h4-5,7-8H,2-3,6,9-10H2,1H3. The quantitative estimate of drug-likeness (QED) is 0.430. The van der Waals surface area contributed by atoms with Gasteiger partial charge in [-0.25, -0.2) is 4.79 Å². The maximum Gasteiger partial charge on any atom is 0.338 e. The van der Waals surface area contributed by atoms with Crippen molar-refractivity contribution < 1.29 is 9.53 Å². The third-order valence-electron chi connectivity index (χ3n) is 2.36. The van der Waals surface area contributed by atoms with Gasteiger partial charge in [-0.05, 0) is 18.1 Å². The van der Waals surface area contributed by atoms with Crippen LogP contribution < -0.4 is 0 Å². The van der Waals surface area contributed by atoms with E-state index in [9.17, 15) is 4.79 Å². The van der Waals surface area contributed by atoms with Crippen LogP contribution in [-0.4, -0.2) is 12.6 Å². The van der Waals surface area contributed by atoms with Crippen molar-refractivity contribution in [2.45, 2.75) is 32.1 Å². The SMILES string of the molecule is CCCCCOC(=O)c1ccccc1CCl. The zero-order valence-corrected chi connectivity index (χ0v) is 10.3. The smallest absolute Gasteiger partial charge is 0.338 e. The van der Waals surface area contributed by atoms with Crippen molar-refractivity contribution in [1.29, 1.82) is 0 Å². The maximum atomic E-state index is 11.7. The van der Waals surface area contributed by atoms with Gasteiger partial charge in [-0.15, -0.1) is 11.6 Å². The molecule has 3 heteroatoms. The maximum absolute atomic E-state index is 11.7. The Labute approximate surface area is 102 Å². The molecule has 0 saturated carbocycles. The lowest BCUT2D eigenvalue weighted by molar-refractivity contribution is 0.0497. The summed E-state index contributed by atoms with van der Waals surface area (Å²) in [7, 11) is 0. The van der Waals surface area contributed by atoms with E-state index < -0.39 is 0 Å². The molecule has 0 N–H and O–H groups in total. The first-order chi connectivity index (χ1) is 7.79. The highest BCUT2D eigenvalue weighted by molar-refractivity contribution is 6.17. The average Bonchev–Trinajstić information content (AvgIpc) is 2.34. The number of carbonyl (C=O) groups is 1. The first-order valence-corrected chi connectivity index (χ1v) is 6.14. The molecule has 0 atom stereocenters. The Kier molecular flexibility index (Phi) is 5.94. The Morgan fingerprint density at radius 3 is 2.75 bits per heavy atom. The number of alkyl halides is 1. The van der Waals surface area contributed by atoms with Crippen LogP contribution >= 0.6 is 11.6 Å². The van der Waals surface area contributed by atoms with Gasteiger partial charge < -0.3 is 4.74 Å². The van der Waals surface area contributed by atoms with Gasteiger partial charge in [0.2, 0.25) is 0 Å². The Morgan fingerprint density at radius 2 is 2.06 bits per heavy atom. The molecule has 0 spiro atoms. The van der Waals surface area contributed by atoms with Crippen molar-refractivity contribution in [1.82, 2.24) is 0 Å². The van der Waals surface area contributed by atoms with Crippen molar-refractivity contribution in [3.05, 3.63) is 35.4 Å². The second kappa shape index (κ2) is 7.29. The fourth-order valence-corrected chi connectivity index (χ4v) is 1.66. The molecule has 0 heterocycles. The van der Waals surface area contributed by atoms with E-state index in [1.807, 2.05) is 18.2 Å². The number of ether oxygens (including phenoxy) is 1. The van der Waals surface area contributed by atoms with Gasteiger partial charge in [-0.1, -0.05) is 38.0 Å². The minimum Gasteiger partial charge on any atom is -0.462 e. The molecule has 1 rings (SSSR count). The summed E-state index contributed by atoms with van der Waals surface area (Å²) >= 11 is 5.75. The Balaban J connectivity index is 2.52. The summed E-state index contributed by atoms with van der Waals surface area (Å²) < 4.78 is 5.18. The molecule has 0 bridgehead atoms. The van der Waals surface area contributed by atoms with Gasteiger partial charge in [0.05, 0.1) is 12.2 Å². The van der Waals surface area contributed by atoms with E-state index >= 15 is 0 Å². The lowest BCUT2D eigenvalue weighted by Gasteiger charge is -2.07. The first kappa shape index (κ1) is 13.0. The first-order valence-electron chi connectivity index (χ1n) is 5.60. The predicted molar refractivity (Wildman–Crippen MR) is 65.8 cm³/mol.